The topological polar surface area (TPSA) is 105 Å². The first kappa shape index (κ1) is 14.9. The Labute approximate surface area is 140 Å². The van der Waals surface area contributed by atoms with Gasteiger partial charge in [0.25, 0.3) is 0 Å². The summed E-state index contributed by atoms with van der Waals surface area (Å²) in [7, 11) is 0. The van der Waals surface area contributed by atoms with Crippen molar-refractivity contribution in [3.05, 3.63) is 58.3 Å². The molecule has 112 valence electrons. The molecule has 0 bridgehead atoms. The van der Waals surface area contributed by atoms with Crippen LogP contribution in [-0.4, -0.2) is 15.9 Å². The van der Waals surface area contributed by atoms with E-state index < -0.39 is 5.91 Å². The summed E-state index contributed by atoms with van der Waals surface area (Å²) in [6.45, 7) is 0. The number of anilines is 2. The van der Waals surface area contributed by atoms with Gasteiger partial charge in [-0.15, -0.1) is 0 Å². The predicted octanol–water partition coefficient (Wildman–Crippen LogP) is 3.11. The van der Waals surface area contributed by atoms with Gasteiger partial charge in [-0.25, -0.2) is 9.97 Å². The van der Waals surface area contributed by atoms with Crippen LogP contribution in [0.2, 0.25) is 0 Å². The minimum absolute atomic E-state index is 0.256. The molecule has 0 spiro atoms. The van der Waals surface area contributed by atoms with Crippen LogP contribution in [0.1, 0.15) is 15.9 Å². The Morgan fingerprint density at radius 3 is 2.74 bits per heavy atom. The van der Waals surface area contributed by atoms with Crippen LogP contribution in [0.5, 0.6) is 0 Å². The second-order valence-electron chi connectivity index (χ2n) is 4.75. The third-order valence-corrected chi connectivity index (χ3v) is 3.71. The summed E-state index contributed by atoms with van der Waals surface area (Å²) in [4.78, 5) is 19.6. The molecule has 1 amide bonds. The summed E-state index contributed by atoms with van der Waals surface area (Å²) < 4.78 is 0.898. The third kappa shape index (κ3) is 2.98. The summed E-state index contributed by atoms with van der Waals surface area (Å²) in [6, 6.07) is 11.2. The second-order valence-corrected chi connectivity index (χ2v) is 5.67. The van der Waals surface area contributed by atoms with Gasteiger partial charge in [-0.3, -0.25) is 4.79 Å². The van der Waals surface area contributed by atoms with Crippen LogP contribution in [0.3, 0.4) is 0 Å². The molecule has 0 aliphatic heterocycles. The van der Waals surface area contributed by atoms with Gasteiger partial charge in [0.2, 0.25) is 5.91 Å². The Morgan fingerprint density at radius 2 is 2.04 bits per heavy atom. The molecule has 0 saturated carbocycles. The minimum Gasteiger partial charge on any atom is -0.366 e. The van der Waals surface area contributed by atoms with Crippen molar-refractivity contribution in [2.45, 2.75) is 0 Å². The van der Waals surface area contributed by atoms with Crippen LogP contribution in [0.25, 0.3) is 11.0 Å². The van der Waals surface area contributed by atoms with Crippen LogP contribution in [0.4, 0.5) is 11.4 Å². The van der Waals surface area contributed by atoms with Gasteiger partial charge in [-0.05, 0) is 24.3 Å². The van der Waals surface area contributed by atoms with Crippen molar-refractivity contribution >= 4 is 44.2 Å². The number of primary amides is 1. The van der Waals surface area contributed by atoms with E-state index in [-0.39, 0.29) is 5.56 Å². The van der Waals surface area contributed by atoms with Gasteiger partial charge in [0, 0.05) is 27.9 Å². The first-order valence-corrected chi connectivity index (χ1v) is 7.39. The van der Waals surface area contributed by atoms with E-state index in [2.05, 4.69) is 37.3 Å². The number of nitrogens with one attached hydrogen (secondary N) is 1. The number of nitrogens with zero attached hydrogens (tertiary/aromatic N) is 3. The minimum atomic E-state index is -0.588. The molecule has 0 atom stereocenters. The maximum atomic E-state index is 11.4. The first-order chi connectivity index (χ1) is 11.1. The molecule has 0 radical (unpaired) electrons. The zero-order chi connectivity index (χ0) is 16.4. The first-order valence-electron chi connectivity index (χ1n) is 6.60. The lowest BCUT2D eigenvalue weighted by atomic mass is 10.1. The number of nitrogens with two attached hydrogens (primary N) is 1. The van der Waals surface area contributed by atoms with E-state index in [1.165, 1.54) is 12.4 Å². The standard InChI is InChI=1S/C16H10BrN5O/c17-11-2-1-3-12(5-11)22-14-10(6-18)8-21-16-13(14)4-9(7-20-16)15(19)23/h1-5,7-8H,(H2,19,23)(H,20,21,22). The Bertz CT molecular complexity index is 964. The van der Waals surface area contributed by atoms with Gasteiger partial charge >= 0.3 is 0 Å². The smallest absolute Gasteiger partial charge is 0.250 e. The lowest BCUT2D eigenvalue weighted by Crippen LogP contribution is -2.11. The van der Waals surface area contributed by atoms with Crippen molar-refractivity contribution < 1.29 is 4.79 Å². The Morgan fingerprint density at radius 1 is 1.26 bits per heavy atom. The molecular formula is C16H10BrN5O. The summed E-state index contributed by atoms with van der Waals surface area (Å²) in [5.41, 5.74) is 7.65. The van der Waals surface area contributed by atoms with Gasteiger partial charge in [-0.1, -0.05) is 22.0 Å². The zero-order valence-electron chi connectivity index (χ0n) is 11.7. The molecule has 0 aliphatic rings. The maximum absolute atomic E-state index is 11.4. The van der Waals surface area contributed by atoms with Gasteiger partial charge < -0.3 is 11.1 Å². The van der Waals surface area contributed by atoms with E-state index in [4.69, 9.17) is 5.73 Å². The van der Waals surface area contributed by atoms with Crippen molar-refractivity contribution in [2.24, 2.45) is 5.73 Å². The molecular weight excluding hydrogens is 358 g/mol. The molecule has 1 aromatic carbocycles. The highest BCUT2D eigenvalue weighted by Crippen LogP contribution is 2.29. The van der Waals surface area contributed by atoms with Crippen LogP contribution in [0.15, 0.2) is 47.2 Å². The number of aromatic nitrogens is 2. The molecule has 6 nitrogen and oxygen atoms in total. The van der Waals surface area contributed by atoms with E-state index in [1.807, 2.05) is 24.3 Å². The fourth-order valence-electron chi connectivity index (χ4n) is 2.14. The summed E-state index contributed by atoms with van der Waals surface area (Å²) in [6.07, 6.45) is 2.81. The van der Waals surface area contributed by atoms with E-state index in [0.29, 0.717) is 22.3 Å². The van der Waals surface area contributed by atoms with E-state index in [0.717, 1.165) is 10.2 Å². The number of pyridine rings is 2. The monoisotopic (exact) mass is 367 g/mol. The number of nitriles is 1. The van der Waals surface area contributed by atoms with E-state index in [9.17, 15) is 10.1 Å². The number of benzene rings is 1. The number of carbonyl (C=O) groups is 1. The SMILES string of the molecule is N#Cc1cnc2ncc(C(N)=O)cc2c1Nc1cccc(Br)c1. The number of hydrogen-bond donors (Lipinski definition) is 2. The second kappa shape index (κ2) is 6.02. The number of hydrogen-bond acceptors (Lipinski definition) is 5. The quantitative estimate of drug-likeness (QED) is 0.739. The number of fused-ring (bicyclic) bond motifs is 1. The average Bonchev–Trinajstić information content (AvgIpc) is 2.54. The lowest BCUT2D eigenvalue weighted by Gasteiger charge is -2.11. The van der Waals surface area contributed by atoms with Gasteiger partial charge in [-0.2, -0.15) is 5.26 Å². The normalized spacial score (nSPS) is 10.3. The van der Waals surface area contributed by atoms with E-state index >= 15 is 0 Å². The van der Waals surface area contributed by atoms with Crippen molar-refractivity contribution in [3.63, 3.8) is 0 Å². The molecule has 2 heterocycles. The molecule has 3 aromatic rings. The maximum Gasteiger partial charge on any atom is 0.250 e. The van der Waals surface area contributed by atoms with Crippen molar-refractivity contribution in [2.75, 3.05) is 5.32 Å². The van der Waals surface area contributed by atoms with Gasteiger partial charge in [0.05, 0.1) is 16.8 Å². The summed E-state index contributed by atoms with van der Waals surface area (Å²) in [5.74, 6) is -0.588. The molecule has 7 heteroatoms. The molecule has 0 fully saturated rings. The molecule has 2 aromatic heterocycles. The van der Waals surface area contributed by atoms with Crippen molar-refractivity contribution in [3.8, 4) is 6.07 Å². The highest BCUT2D eigenvalue weighted by molar-refractivity contribution is 9.10. The lowest BCUT2D eigenvalue weighted by molar-refractivity contribution is 0.1000. The number of amides is 1. The third-order valence-electron chi connectivity index (χ3n) is 3.22. The molecule has 0 saturated heterocycles. The Balaban J connectivity index is 2.21. The highest BCUT2D eigenvalue weighted by atomic mass is 79.9. The van der Waals surface area contributed by atoms with Crippen LogP contribution in [0, 0.1) is 11.3 Å². The van der Waals surface area contributed by atoms with E-state index in [1.54, 1.807) is 6.07 Å². The van der Waals surface area contributed by atoms with Crippen LogP contribution in [-0.2, 0) is 0 Å². The fraction of sp³-hybridized carbons (Fsp3) is 0. The largest absolute Gasteiger partial charge is 0.366 e. The number of halogens is 1. The Hall–Kier alpha value is -2.98. The average molecular weight is 368 g/mol. The van der Waals surface area contributed by atoms with Crippen molar-refractivity contribution in [1.82, 2.24) is 9.97 Å². The fourth-order valence-corrected chi connectivity index (χ4v) is 2.54. The van der Waals surface area contributed by atoms with Gasteiger partial charge in [0.1, 0.15) is 6.07 Å². The summed E-state index contributed by atoms with van der Waals surface area (Å²) in [5, 5.41) is 13.1. The molecule has 23 heavy (non-hydrogen) atoms. The number of rotatable bonds is 3. The molecule has 0 aliphatic carbocycles. The molecule has 0 unspecified atom stereocenters. The van der Waals surface area contributed by atoms with Crippen LogP contribution < -0.4 is 11.1 Å². The highest BCUT2D eigenvalue weighted by Gasteiger charge is 2.12. The van der Waals surface area contributed by atoms with Crippen LogP contribution >= 0.6 is 15.9 Å². The van der Waals surface area contributed by atoms with Crippen molar-refractivity contribution in [1.29, 1.82) is 5.26 Å². The molecule has 3 rings (SSSR count). The zero-order valence-corrected chi connectivity index (χ0v) is 13.3. The predicted molar refractivity (Wildman–Crippen MR) is 90.2 cm³/mol. The van der Waals surface area contributed by atoms with Gasteiger partial charge in [0.15, 0.2) is 5.65 Å². The molecule has 3 N–H and O–H groups in total. The Kier molecular flexibility index (Phi) is 3.91. The summed E-state index contributed by atoms with van der Waals surface area (Å²) >= 11 is 3.40. The number of carbonyl (C=O) groups excluding carboxylic acids is 1.